The average Bonchev–Trinajstić information content (AvgIpc) is 2.85. The quantitative estimate of drug-likeness (QED) is 0.852. The van der Waals surface area contributed by atoms with Crippen LogP contribution in [0.25, 0.3) is 11.2 Å². The summed E-state index contributed by atoms with van der Waals surface area (Å²) in [5, 5.41) is 3.50. The van der Waals surface area contributed by atoms with Gasteiger partial charge in [-0.25, -0.2) is 9.97 Å². The molecule has 0 saturated carbocycles. The van der Waals surface area contributed by atoms with Gasteiger partial charge in [0.25, 0.3) is 0 Å². The Morgan fingerprint density at radius 1 is 1.44 bits per heavy atom. The summed E-state index contributed by atoms with van der Waals surface area (Å²) in [5.74, 6) is 1.11. The summed E-state index contributed by atoms with van der Waals surface area (Å²) in [7, 11) is 0. The molecule has 0 aliphatic carbocycles. The van der Waals surface area contributed by atoms with Gasteiger partial charge in [-0.15, -0.1) is 0 Å². The van der Waals surface area contributed by atoms with Crippen molar-refractivity contribution >= 4 is 11.2 Å². The fourth-order valence-electron chi connectivity index (χ4n) is 2.93. The van der Waals surface area contributed by atoms with Crippen molar-refractivity contribution < 1.29 is 0 Å². The first-order valence-electron chi connectivity index (χ1n) is 6.78. The summed E-state index contributed by atoms with van der Waals surface area (Å²) >= 11 is 0. The molecule has 0 bridgehead atoms. The van der Waals surface area contributed by atoms with Crippen LogP contribution in [0.2, 0.25) is 0 Å². The number of nitrogens with zero attached hydrogens (tertiary/aromatic N) is 2. The highest BCUT2D eigenvalue weighted by Crippen LogP contribution is 2.33. The molecule has 4 heteroatoms. The predicted molar refractivity (Wildman–Crippen MR) is 72.7 cm³/mol. The van der Waals surface area contributed by atoms with Crippen LogP contribution in [0.3, 0.4) is 0 Å². The highest BCUT2D eigenvalue weighted by molar-refractivity contribution is 5.74. The van der Waals surface area contributed by atoms with Gasteiger partial charge >= 0.3 is 0 Å². The monoisotopic (exact) mass is 244 g/mol. The van der Waals surface area contributed by atoms with Gasteiger partial charge in [0.1, 0.15) is 5.82 Å². The van der Waals surface area contributed by atoms with E-state index in [0.717, 1.165) is 36.5 Å². The first kappa shape index (κ1) is 11.7. The van der Waals surface area contributed by atoms with Crippen LogP contribution >= 0.6 is 0 Å². The zero-order valence-electron chi connectivity index (χ0n) is 11.1. The largest absolute Gasteiger partial charge is 0.340 e. The van der Waals surface area contributed by atoms with E-state index in [9.17, 15) is 0 Å². The van der Waals surface area contributed by atoms with Gasteiger partial charge in [0.15, 0.2) is 5.65 Å². The van der Waals surface area contributed by atoms with Crippen molar-refractivity contribution in [3.8, 4) is 0 Å². The highest BCUT2D eigenvalue weighted by atomic mass is 15.0. The first-order valence-corrected chi connectivity index (χ1v) is 6.78. The second kappa shape index (κ2) is 4.35. The van der Waals surface area contributed by atoms with E-state index in [1.807, 2.05) is 12.3 Å². The lowest BCUT2D eigenvalue weighted by Crippen LogP contribution is -2.43. The maximum Gasteiger partial charge on any atom is 0.177 e. The Bertz CT molecular complexity index is 552. The Balaban J connectivity index is 2.09. The van der Waals surface area contributed by atoms with Crippen LogP contribution in [0.5, 0.6) is 0 Å². The number of nitrogens with one attached hydrogen (secondary N) is 2. The highest BCUT2D eigenvalue weighted by Gasteiger charge is 2.35. The lowest BCUT2D eigenvalue weighted by atomic mass is 9.77. The molecule has 3 rings (SSSR count). The van der Waals surface area contributed by atoms with Crippen molar-refractivity contribution in [2.24, 2.45) is 0 Å². The van der Waals surface area contributed by atoms with E-state index in [2.05, 4.69) is 29.1 Å². The van der Waals surface area contributed by atoms with Gasteiger partial charge in [-0.2, -0.15) is 0 Å². The second-order valence-corrected chi connectivity index (χ2v) is 5.33. The van der Waals surface area contributed by atoms with E-state index in [1.165, 1.54) is 18.4 Å². The number of piperidine rings is 1. The predicted octanol–water partition coefficient (Wildman–Crippen LogP) is 2.30. The van der Waals surface area contributed by atoms with E-state index in [-0.39, 0.29) is 5.41 Å². The molecule has 18 heavy (non-hydrogen) atoms. The minimum Gasteiger partial charge on any atom is -0.340 e. The topological polar surface area (TPSA) is 53.6 Å². The molecule has 1 fully saturated rings. The Morgan fingerprint density at radius 2 is 2.33 bits per heavy atom. The normalized spacial score (nSPS) is 24.6. The van der Waals surface area contributed by atoms with Gasteiger partial charge in [-0.3, -0.25) is 0 Å². The summed E-state index contributed by atoms with van der Waals surface area (Å²) in [6.07, 6.45) is 5.37. The summed E-state index contributed by atoms with van der Waals surface area (Å²) < 4.78 is 0. The molecule has 0 spiro atoms. The molecule has 1 aliphatic heterocycles. The molecule has 3 heterocycles. The number of H-pyrrole nitrogens is 1. The van der Waals surface area contributed by atoms with Crippen LogP contribution in [0.1, 0.15) is 37.6 Å². The van der Waals surface area contributed by atoms with Crippen LogP contribution in [0, 0.1) is 6.92 Å². The van der Waals surface area contributed by atoms with Crippen molar-refractivity contribution in [3.05, 3.63) is 23.7 Å². The molecule has 1 saturated heterocycles. The molecule has 2 aromatic heterocycles. The number of rotatable bonds is 2. The fourth-order valence-corrected chi connectivity index (χ4v) is 2.93. The third-order valence-electron chi connectivity index (χ3n) is 4.25. The number of aromatic amines is 1. The molecule has 2 N–H and O–H groups in total. The number of imidazole rings is 1. The fraction of sp³-hybridized carbons (Fsp3) is 0.571. The second-order valence-electron chi connectivity index (χ2n) is 5.33. The van der Waals surface area contributed by atoms with E-state index in [0.29, 0.717) is 0 Å². The number of hydrogen-bond acceptors (Lipinski definition) is 3. The molecule has 96 valence electrons. The van der Waals surface area contributed by atoms with E-state index < -0.39 is 0 Å². The Morgan fingerprint density at radius 3 is 3.00 bits per heavy atom. The summed E-state index contributed by atoms with van der Waals surface area (Å²) in [5.41, 5.74) is 3.31. The van der Waals surface area contributed by atoms with Gasteiger partial charge < -0.3 is 10.3 Å². The molecule has 0 aromatic carbocycles. The molecule has 1 unspecified atom stereocenters. The van der Waals surface area contributed by atoms with Crippen LogP contribution < -0.4 is 5.32 Å². The SMILES string of the molecule is CCC1(c2nc3nccc(C)c3[nH]2)CCCNC1. The summed E-state index contributed by atoms with van der Waals surface area (Å²) in [6, 6.07) is 2.03. The molecule has 2 aromatic rings. The minimum absolute atomic E-state index is 0.158. The molecule has 1 aliphatic rings. The first-order chi connectivity index (χ1) is 8.75. The number of fused-ring (bicyclic) bond motifs is 1. The average molecular weight is 244 g/mol. The molecular formula is C14H20N4. The van der Waals surface area contributed by atoms with Gasteiger partial charge in [0, 0.05) is 18.2 Å². The number of hydrogen-bond donors (Lipinski definition) is 2. The zero-order chi connectivity index (χ0) is 12.6. The Labute approximate surface area is 107 Å². The molecule has 0 radical (unpaired) electrons. The van der Waals surface area contributed by atoms with Crippen molar-refractivity contribution in [2.45, 2.75) is 38.5 Å². The van der Waals surface area contributed by atoms with Crippen molar-refractivity contribution in [1.29, 1.82) is 0 Å². The van der Waals surface area contributed by atoms with E-state index in [4.69, 9.17) is 4.98 Å². The van der Waals surface area contributed by atoms with Crippen LogP contribution in [-0.2, 0) is 5.41 Å². The van der Waals surface area contributed by atoms with Gasteiger partial charge in [-0.1, -0.05) is 6.92 Å². The third-order valence-corrected chi connectivity index (χ3v) is 4.25. The minimum atomic E-state index is 0.158. The van der Waals surface area contributed by atoms with E-state index >= 15 is 0 Å². The smallest absolute Gasteiger partial charge is 0.177 e. The molecule has 1 atom stereocenters. The third kappa shape index (κ3) is 1.72. The molecule has 0 amide bonds. The van der Waals surface area contributed by atoms with Crippen LogP contribution in [0.4, 0.5) is 0 Å². The van der Waals surface area contributed by atoms with Gasteiger partial charge in [0.2, 0.25) is 0 Å². The van der Waals surface area contributed by atoms with Gasteiger partial charge in [-0.05, 0) is 44.4 Å². The van der Waals surface area contributed by atoms with Gasteiger partial charge in [0.05, 0.1) is 5.52 Å². The molecular weight excluding hydrogens is 224 g/mol. The number of aryl methyl sites for hydroxylation is 1. The maximum absolute atomic E-state index is 4.73. The summed E-state index contributed by atoms with van der Waals surface area (Å²) in [6.45, 7) is 6.49. The van der Waals surface area contributed by atoms with Crippen molar-refractivity contribution in [1.82, 2.24) is 20.3 Å². The van der Waals surface area contributed by atoms with Crippen molar-refractivity contribution in [3.63, 3.8) is 0 Å². The molecule has 4 nitrogen and oxygen atoms in total. The number of aromatic nitrogens is 3. The maximum atomic E-state index is 4.73. The summed E-state index contributed by atoms with van der Waals surface area (Å²) in [4.78, 5) is 12.6. The Hall–Kier alpha value is -1.42. The van der Waals surface area contributed by atoms with Crippen molar-refractivity contribution in [2.75, 3.05) is 13.1 Å². The zero-order valence-corrected chi connectivity index (χ0v) is 11.1. The lowest BCUT2D eigenvalue weighted by molar-refractivity contribution is 0.290. The van der Waals surface area contributed by atoms with Crippen LogP contribution in [-0.4, -0.2) is 28.0 Å². The number of pyridine rings is 1. The lowest BCUT2D eigenvalue weighted by Gasteiger charge is -2.35. The van der Waals surface area contributed by atoms with E-state index in [1.54, 1.807) is 0 Å². The Kier molecular flexibility index (Phi) is 2.82. The standard InChI is InChI=1S/C14H20N4/c1-3-14(6-4-7-15-9-14)13-17-11-10(2)5-8-16-12(11)18-13/h5,8,15H,3-4,6-7,9H2,1-2H3,(H,16,17,18). The van der Waals surface area contributed by atoms with Crippen LogP contribution in [0.15, 0.2) is 12.3 Å².